The van der Waals surface area contributed by atoms with Crippen molar-refractivity contribution < 1.29 is 24.9 Å². The maximum absolute atomic E-state index is 11.7. The zero-order valence-corrected chi connectivity index (χ0v) is 9.59. The van der Waals surface area contributed by atoms with Gasteiger partial charge in [0.05, 0.1) is 6.61 Å². The number of hydrogen-bond acceptors (Lipinski definition) is 7. The van der Waals surface area contributed by atoms with Crippen LogP contribution in [-0.2, 0) is 15.3 Å². The Bertz CT molecular complexity index is 594. The highest BCUT2D eigenvalue weighted by atomic mass is 16.6. The molecule has 0 bridgehead atoms. The molecule has 1 fully saturated rings. The molecule has 19 heavy (non-hydrogen) atoms. The Morgan fingerprint density at radius 3 is 2.63 bits per heavy atom. The van der Waals surface area contributed by atoms with Crippen LogP contribution in [-0.4, -0.2) is 56.1 Å². The van der Waals surface area contributed by atoms with E-state index in [0.29, 0.717) is 4.57 Å². The maximum Gasteiger partial charge on any atom is 0.331 e. The van der Waals surface area contributed by atoms with Crippen LogP contribution in [0.5, 0.6) is 0 Å². The second-order valence-electron chi connectivity index (χ2n) is 4.12. The van der Waals surface area contributed by atoms with E-state index in [4.69, 9.17) is 9.84 Å². The molecular weight excluding hydrogens is 260 g/mol. The second-order valence-corrected chi connectivity index (χ2v) is 4.12. The fourth-order valence-electron chi connectivity index (χ4n) is 2.02. The number of H-pyrrole nitrogens is 1. The lowest BCUT2D eigenvalue weighted by atomic mass is 10.0. The van der Waals surface area contributed by atoms with Crippen LogP contribution in [0.1, 0.15) is 0 Å². The normalized spacial score (nSPS) is 34.4. The van der Waals surface area contributed by atoms with Gasteiger partial charge in [0.15, 0.2) is 6.29 Å². The third-order valence-corrected chi connectivity index (χ3v) is 3.02. The van der Waals surface area contributed by atoms with E-state index in [1.165, 1.54) is 0 Å². The molecule has 4 atom stereocenters. The summed E-state index contributed by atoms with van der Waals surface area (Å²) < 4.78 is 5.76. The lowest BCUT2D eigenvalue weighted by molar-refractivity contribution is -0.162. The number of aromatic amines is 1. The van der Waals surface area contributed by atoms with Crippen molar-refractivity contribution in [2.45, 2.75) is 24.0 Å². The zero-order valence-electron chi connectivity index (χ0n) is 9.59. The number of ether oxygens (including phenoxy) is 1. The van der Waals surface area contributed by atoms with Crippen molar-refractivity contribution in [3.05, 3.63) is 33.1 Å². The van der Waals surface area contributed by atoms with E-state index < -0.39 is 41.9 Å². The predicted molar refractivity (Wildman–Crippen MR) is 59.3 cm³/mol. The van der Waals surface area contributed by atoms with Crippen LogP contribution >= 0.6 is 0 Å². The molecule has 1 aliphatic heterocycles. The Kier molecular flexibility index (Phi) is 3.37. The average molecular weight is 272 g/mol. The van der Waals surface area contributed by atoms with E-state index in [1.807, 2.05) is 4.98 Å². The molecule has 1 aliphatic rings. The van der Waals surface area contributed by atoms with Crippen molar-refractivity contribution in [1.29, 1.82) is 0 Å². The number of hydrogen-bond donors (Lipinski definition) is 4. The molecule has 4 N–H and O–H groups in total. The van der Waals surface area contributed by atoms with Gasteiger partial charge in [0, 0.05) is 12.3 Å². The summed E-state index contributed by atoms with van der Waals surface area (Å²) in [5, 5.41) is 28.5. The van der Waals surface area contributed by atoms with Gasteiger partial charge in [-0.15, -0.1) is 0 Å². The zero-order chi connectivity index (χ0) is 14.2. The predicted octanol–water partition coefficient (Wildman–Crippen LogP) is -3.50. The summed E-state index contributed by atoms with van der Waals surface area (Å²) in [7, 11) is 0. The summed E-state index contributed by atoms with van der Waals surface area (Å²) in [6.45, 7) is -0.647. The number of carbonyl (C=O) groups is 1. The van der Waals surface area contributed by atoms with Crippen molar-refractivity contribution in [2.24, 2.45) is 0 Å². The van der Waals surface area contributed by atoms with E-state index in [0.717, 1.165) is 12.3 Å². The van der Waals surface area contributed by atoms with Gasteiger partial charge in [0.25, 0.3) is 5.56 Å². The number of nitrogens with zero attached hydrogens (tertiary/aromatic N) is 1. The van der Waals surface area contributed by atoms with Crippen molar-refractivity contribution in [1.82, 2.24) is 9.55 Å². The van der Waals surface area contributed by atoms with Crippen LogP contribution in [0.25, 0.3) is 0 Å². The summed E-state index contributed by atoms with van der Waals surface area (Å²) in [4.78, 5) is 35.8. The third-order valence-electron chi connectivity index (χ3n) is 3.02. The number of aromatic nitrogens is 2. The minimum absolute atomic E-state index is 0.135. The fourth-order valence-corrected chi connectivity index (χ4v) is 2.02. The van der Waals surface area contributed by atoms with E-state index in [-0.39, 0.29) is 6.29 Å². The summed E-state index contributed by atoms with van der Waals surface area (Å²) >= 11 is 0. The van der Waals surface area contributed by atoms with Crippen LogP contribution in [0, 0.1) is 0 Å². The van der Waals surface area contributed by atoms with Crippen molar-refractivity contribution >= 4 is 6.29 Å². The van der Waals surface area contributed by atoms with Crippen molar-refractivity contribution in [3.63, 3.8) is 0 Å². The van der Waals surface area contributed by atoms with Gasteiger partial charge in [-0.05, 0) is 0 Å². The first-order valence-corrected chi connectivity index (χ1v) is 5.40. The monoisotopic (exact) mass is 272 g/mol. The van der Waals surface area contributed by atoms with Gasteiger partial charge in [-0.25, -0.2) is 4.79 Å². The molecule has 9 nitrogen and oxygen atoms in total. The molecule has 0 aliphatic carbocycles. The van der Waals surface area contributed by atoms with Gasteiger partial charge in [-0.3, -0.25) is 19.1 Å². The first-order valence-electron chi connectivity index (χ1n) is 5.40. The van der Waals surface area contributed by atoms with E-state index in [9.17, 15) is 24.6 Å². The molecule has 0 spiro atoms. The van der Waals surface area contributed by atoms with Crippen LogP contribution in [0.15, 0.2) is 21.9 Å². The molecule has 0 amide bonds. The number of nitrogens with one attached hydrogen (secondary N) is 1. The van der Waals surface area contributed by atoms with Crippen LogP contribution in [0.2, 0.25) is 0 Å². The highest BCUT2D eigenvalue weighted by Gasteiger charge is 2.56. The topological polar surface area (TPSA) is 142 Å². The fraction of sp³-hybridized carbons (Fsp3) is 0.500. The average Bonchev–Trinajstić information content (AvgIpc) is 2.64. The minimum atomic E-state index is -2.19. The van der Waals surface area contributed by atoms with Gasteiger partial charge in [-0.2, -0.15) is 0 Å². The second kappa shape index (κ2) is 4.70. The molecule has 9 heteroatoms. The molecule has 0 saturated carbocycles. The number of rotatable bonds is 3. The molecule has 1 aromatic heterocycles. The molecule has 104 valence electrons. The van der Waals surface area contributed by atoms with Crippen LogP contribution in [0.3, 0.4) is 0 Å². The molecule has 1 aromatic rings. The minimum Gasteiger partial charge on any atom is -0.394 e. The number of aldehydes is 1. The van der Waals surface area contributed by atoms with Gasteiger partial charge >= 0.3 is 5.69 Å². The van der Waals surface area contributed by atoms with Crippen molar-refractivity contribution in [2.75, 3.05) is 6.61 Å². The van der Waals surface area contributed by atoms with E-state index in [2.05, 4.69) is 0 Å². The van der Waals surface area contributed by atoms with E-state index in [1.54, 1.807) is 0 Å². The molecule has 0 unspecified atom stereocenters. The van der Waals surface area contributed by atoms with Crippen LogP contribution in [0.4, 0.5) is 0 Å². The Balaban J connectivity index is 2.58. The molecule has 2 heterocycles. The van der Waals surface area contributed by atoms with E-state index >= 15 is 0 Å². The number of aliphatic hydroxyl groups excluding tert-OH is 3. The molecule has 0 radical (unpaired) electrons. The highest BCUT2D eigenvalue weighted by Crippen LogP contribution is 2.32. The number of carbonyl (C=O) groups excluding carboxylic acids is 1. The van der Waals surface area contributed by atoms with Crippen LogP contribution < -0.4 is 11.2 Å². The van der Waals surface area contributed by atoms with Gasteiger partial charge in [0.1, 0.15) is 18.3 Å². The smallest absolute Gasteiger partial charge is 0.331 e. The molecule has 1 saturated heterocycles. The maximum atomic E-state index is 11.7. The Labute approximate surface area is 105 Å². The Morgan fingerprint density at radius 2 is 2.16 bits per heavy atom. The van der Waals surface area contributed by atoms with Gasteiger partial charge < -0.3 is 20.1 Å². The molecule has 0 aromatic carbocycles. The first-order chi connectivity index (χ1) is 8.96. The summed E-state index contributed by atoms with van der Waals surface area (Å²) in [5.74, 6) is 0. The quantitative estimate of drug-likeness (QED) is 0.418. The van der Waals surface area contributed by atoms with Gasteiger partial charge in [-0.1, -0.05) is 0 Å². The number of aliphatic hydroxyl groups is 3. The Hall–Kier alpha value is -1.81. The highest BCUT2D eigenvalue weighted by molar-refractivity contribution is 5.62. The largest absolute Gasteiger partial charge is 0.394 e. The first kappa shape index (κ1) is 13.6. The lowest BCUT2D eigenvalue weighted by Gasteiger charge is -2.27. The Morgan fingerprint density at radius 1 is 1.47 bits per heavy atom. The summed E-state index contributed by atoms with van der Waals surface area (Å²) in [6, 6.07) is 0.960. The summed E-state index contributed by atoms with van der Waals surface area (Å²) in [5.41, 5.74) is -3.85. The summed E-state index contributed by atoms with van der Waals surface area (Å²) in [6.07, 6.45) is -3.43. The standard InChI is InChI=1S/C10H12N2O7/c13-3-5-7(16)8(17)10(4-14,19-5)12-2-1-6(15)11-9(12)18/h1-2,4-5,7-8,13,16-17H,3H2,(H,11,15,18)/t5-,7-,8-,10-/m1/s1. The SMILES string of the molecule is O=C[C@@]1(n2ccc(=O)[nH]c2=O)O[C@H](CO)[C@@H](O)[C@H]1O. The molecular formula is C10H12N2O7. The third kappa shape index (κ3) is 1.92. The molecule has 2 rings (SSSR count). The lowest BCUT2D eigenvalue weighted by Crippen LogP contribution is -2.52. The van der Waals surface area contributed by atoms with Gasteiger partial charge in [0.2, 0.25) is 5.72 Å². The van der Waals surface area contributed by atoms with Crippen molar-refractivity contribution in [3.8, 4) is 0 Å².